The molecule has 0 amide bonds. The first-order valence-electron chi connectivity index (χ1n) is 7.68. The molecule has 0 fully saturated rings. The first kappa shape index (κ1) is 17.6. The number of methoxy groups -OCH3 is 1. The van der Waals surface area contributed by atoms with Crippen LogP contribution in [-0.4, -0.2) is 19.7 Å². The van der Waals surface area contributed by atoms with Gasteiger partial charge in [-0.3, -0.25) is 4.79 Å². The lowest BCUT2D eigenvalue weighted by Crippen LogP contribution is -2.13. The molecule has 128 valence electrons. The van der Waals surface area contributed by atoms with Crippen LogP contribution < -0.4 is 19.8 Å². The largest absolute Gasteiger partial charge is 0.492 e. The molecule has 0 aliphatic carbocycles. The summed E-state index contributed by atoms with van der Waals surface area (Å²) >= 11 is 0. The van der Waals surface area contributed by atoms with Gasteiger partial charge in [-0.05, 0) is 25.0 Å². The summed E-state index contributed by atoms with van der Waals surface area (Å²) in [4.78, 5) is 23.3. The van der Waals surface area contributed by atoms with Gasteiger partial charge >= 0.3 is 11.6 Å². The monoisotopic (exact) mass is 332 g/mol. The molecule has 2 aromatic rings. The van der Waals surface area contributed by atoms with E-state index in [1.165, 1.54) is 14.0 Å². The van der Waals surface area contributed by atoms with E-state index in [-0.39, 0.29) is 17.1 Å². The number of rotatable bonds is 7. The molecule has 0 atom stereocenters. The van der Waals surface area contributed by atoms with Gasteiger partial charge in [0.2, 0.25) is 0 Å². The summed E-state index contributed by atoms with van der Waals surface area (Å²) in [7, 11) is 1.39. The molecule has 1 aromatic carbocycles. The third-order valence-corrected chi connectivity index (χ3v) is 3.20. The summed E-state index contributed by atoms with van der Waals surface area (Å²) in [5, 5.41) is 0.495. The quantitative estimate of drug-likeness (QED) is 0.334. The Morgan fingerprint density at radius 3 is 2.71 bits per heavy atom. The Morgan fingerprint density at radius 1 is 1.25 bits per heavy atom. The molecule has 0 saturated heterocycles. The molecule has 6 heteroatoms. The van der Waals surface area contributed by atoms with Crippen LogP contribution in [-0.2, 0) is 4.79 Å². The summed E-state index contributed by atoms with van der Waals surface area (Å²) in [6.45, 7) is 3.71. The van der Waals surface area contributed by atoms with Gasteiger partial charge in [-0.15, -0.1) is 0 Å². The van der Waals surface area contributed by atoms with Crippen molar-refractivity contribution in [2.24, 2.45) is 0 Å². The molecule has 0 aliphatic rings. The van der Waals surface area contributed by atoms with Gasteiger partial charge in [0.15, 0.2) is 17.1 Å². The standard InChI is InChI=1S/C18H20O6/c1-4-5-6-7-11-22-14-10-8-9-13-15(14)24-18(20)17(16(13)21-3)23-12(2)19/h5-6,8-10H,4,7,11H2,1-3H3/b6-5+. The molecule has 0 aliphatic heterocycles. The maximum Gasteiger partial charge on any atom is 0.383 e. The first-order chi connectivity index (χ1) is 11.6. The summed E-state index contributed by atoms with van der Waals surface area (Å²) < 4.78 is 21.2. The lowest BCUT2D eigenvalue weighted by atomic mass is 10.2. The Morgan fingerprint density at radius 2 is 2.04 bits per heavy atom. The number of carbonyl (C=O) groups is 1. The minimum absolute atomic E-state index is 0.146. The normalized spacial score (nSPS) is 11.0. The second-order valence-corrected chi connectivity index (χ2v) is 5.00. The van der Waals surface area contributed by atoms with E-state index < -0.39 is 11.6 Å². The van der Waals surface area contributed by atoms with E-state index in [2.05, 4.69) is 13.0 Å². The summed E-state index contributed by atoms with van der Waals surface area (Å²) in [6, 6.07) is 5.16. The van der Waals surface area contributed by atoms with E-state index in [0.29, 0.717) is 17.7 Å². The lowest BCUT2D eigenvalue weighted by Gasteiger charge is -2.12. The van der Waals surface area contributed by atoms with Crippen LogP contribution in [0.4, 0.5) is 0 Å². The fourth-order valence-electron chi connectivity index (χ4n) is 2.22. The minimum atomic E-state index is -0.795. The first-order valence-corrected chi connectivity index (χ1v) is 7.68. The number of ether oxygens (including phenoxy) is 3. The number of hydrogen-bond acceptors (Lipinski definition) is 6. The number of para-hydroxylation sites is 1. The zero-order chi connectivity index (χ0) is 17.5. The van der Waals surface area contributed by atoms with Gasteiger partial charge in [-0.25, -0.2) is 4.79 Å². The van der Waals surface area contributed by atoms with Crippen LogP contribution in [0.2, 0.25) is 0 Å². The molecule has 0 radical (unpaired) electrons. The van der Waals surface area contributed by atoms with Gasteiger partial charge < -0.3 is 18.6 Å². The van der Waals surface area contributed by atoms with Gasteiger partial charge in [0, 0.05) is 6.92 Å². The van der Waals surface area contributed by atoms with Crippen LogP contribution in [0, 0.1) is 0 Å². The Labute approximate surface area is 139 Å². The van der Waals surface area contributed by atoms with Gasteiger partial charge in [0.05, 0.1) is 19.1 Å². The molecule has 0 unspecified atom stereocenters. The van der Waals surface area contributed by atoms with Crippen LogP contribution in [0.3, 0.4) is 0 Å². The van der Waals surface area contributed by atoms with Crippen molar-refractivity contribution in [3.8, 4) is 17.2 Å². The van der Waals surface area contributed by atoms with Crippen molar-refractivity contribution >= 4 is 16.9 Å². The van der Waals surface area contributed by atoms with E-state index in [4.69, 9.17) is 18.6 Å². The Hall–Kier alpha value is -2.76. The van der Waals surface area contributed by atoms with Crippen molar-refractivity contribution in [2.45, 2.75) is 26.7 Å². The van der Waals surface area contributed by atoms with Gasteiger partial charge in [-0.1, -0.05) is 25.1 Å². The van der Waals surface area contributed by atoms with Crippen molar-refractivity contribution in [2.75, 3.05) is 13.7 Å². The highest BCUT2D eigenvalue weighted by molar-refractivity contribution is 5.90. The number of esters is 1. The molecule has 0 spiro atoms. The highest BCUT2D eigenvalue weighted by Crippen LogP contribution is 2.36. The molecule has 6 nitrogen and oxygen atoms in total. The molecule has 0 saturated carbocycles. The second-order valence-electron chi connectivity index (χ2n) is 5.00. The van der Waals surface area contributed by atoms with Gasteiger partial charge in [0.25, 0.3) is 5.75 Å². The predicted molar refractivity (Wildman–Crippen MR) is 89.9 cm³/mol. The van der Waals surface area contributed by atoms with Crippen molar-refractivity contribution in [1.29, 1.82) is 0 Å². The molecule has 2 rings (SSSR count). The van der Waals surface area contributed by atoms with Crippen molar-refractivity contribution in [3.63, 3.8) is 0 Å². The maximum absolute atomic E-state index is 12.1. The fraction of sp³-hybridized carbons (Fsp3) is 0.333. The highest BCUT2D eigenvalue weighted by Gasteiger charge is 2.20. The van der Waals surface area contributed by atoms with E-state index in [1.54, 1.807) is 18.2 Å². The Balaban J connectivity index is 2.42. The molecule has 0 N–H and O–H groups in total. The van der Waals surface area contributed by atoms with Crippen LogP contribution in [0.1, 0.15) is 26.7 Å². The van der Waals surface area contributed by atoms with E-state index in [9.17, 15) is 9.59 Å². The summed E-state index contributed by atoms with van der Waals surface area (Å²) in [5.41, 5.74) is -0.536. The van der Waals surface area contributed by atoms with Crippen LogP contribution in [0.5, 0.6) is 17.2 Å². The fourth-order valence-corrected chi connectivity index (χ4v) is 2.22. The maximum atomic E-state index is 12.1. The topological polar surface area (TPSA) is 75.0 Å². The molecule has 24 heavy (non-hydrogen) atoms. The predicted octanol–water partition coefficient (Wildman–Crippen LogP) is 3.46. The third kappa shape index (κ3) is 3.95. The number of benzene rings is 1. The SMILES string of the molecule is CC/C=C/CCOc1cccc2c(OC)c(OC(C)=O)c(=O)oc12. The van der Waals surface area contributed by atoms with Crippen molar-refractivity contribution < 1.29 is 23.4 Å². The molecule has 1 aromatic heterocycles. The molecule has 0 bridgehead atoms. The van der Waals surface area contributed by atoms with Gasteiger partial charge in [0.1, 0.15) is 0 Å². The zero-order valence-electron chi connectivity index (χ0n) is 14.0. The van der Waals surface area contributed by atoms with E-state index in [1.807, 2.05) is 6.08 Å². The number of carbonyl (C=O) groups excluding carboxylic acids is 1. The van der Waals surface area contributed by atoms with Crippen molar-refractivity contribution in [1.82, 2.24) is 0 Å². The number of hydrogen-bond donors (Lipinski definition) is 0. The van der Waals surface area contributed by atoms with Crippen LogP contribution >= 0.6 is 0 Å². The van der Waals surface area contributed by atoms with Crippen LogP contribution in [0.15, 0.2) is 39.6 Å². The smallest absolute Gasteiger partial charge is 0.383 e. The van der Waals surface area contributed by atoms with E-state index in [0.717, 1.165) is 12.8 Å². The Kier molecular flexibility index (Phi) is 6.01. The molecular formula is C18H20O6. The Bertz CT molecular complexity index is 803. The summed E-state index contributed by atoms with van der Waals surface area (Å²) in [5.74, 6) is -0.314. The van der Waals surface area contributed by atoms with Crippen molar-refractivity contribution in [3.05, 3.63) is 40.8 Å². The zero-order valence-corrected chi connectivity index (χ0v) is 14.0. The van der Waals surface area contributed by atoms with E-state index >= 15 is 0 Å². The second kappa shape index (κ2) is 8.19. The molecular weight excluding hydrogens is 312 g/mol. The minimum Gasteiger partial charge on any atom is -0.492 e. The summed E-state index contributed by atoms with van der Waals surface area (Å²) in [6.07, 6.45) is 5.80. The van der Waals surface area contributed by atoms with Crippen LogP contribution in [0.25, 0.3) is 11.0 Å². The average Bonchev–Trinajstić information content (AvgIpc) is 2.55. The van der Waals surface area contributed by atoms with Gasteiger partial charge in [-0.2, -0.15) is 0 Å². The number of fused-ring (bicyclic) bond motifs is 1. The number of allylic oxidation sites excluding steroid dienone is 1. The highest BCUT2D eigenvalue weighted by atomic mass is 16.6. The molecule has 1 heterocycles. The average molecular weight is 332 g/mol. The lowest BCUT2D eigenvalue weighted by molar-refractivity contribution is -0.132. The third-order valence-electron chi connectivity index (χ3n) is 3.20.